The van der Waals surface area contributed by atoms with Crippen LogP contribution in [-0.2, 0) is 0 Å². The van der Waals surface area contributed by atoms with Gasteiger partial charge < -0.3 is 5.11 Å². The molecule has 8 heteroatoms. The normalized spacial score (nSPS) is 10.5. The Balaban J connectivity index is 2.44. The molecule has 2 aromatic rings. The van der Waals surface area contributed by atoms with E-state index in [1.165, 1.54) is 12.1 Å². The topological polar surface area (TPSA) is 92.5 Å². The molecule has 104 valence electrons. The van der Waals surface area contributed by atoms with E-state index >= 15 is 0 Å². The number of phenols is 1. The van der Waals surface area contributed by atoms with Gasteiger partial charge in [-0.25, -0.2) is 0 Å². The number of hydrogen-bond acceptors (Lipinski definition) is 6. The summed E-state index contributed by atoms with van der Waals surface area (Å²) in [6.07, 6.45) is 0. The van der Waals surface area contributed by atoms with Gasteiger partial charge in [0.2, 0.25) is 0 Å². The minimum Gasteiger partial charge on any atom is -0.505 e. The minimum absolute atomic E-state index is 0.0528. The fourth-order valence-electron chi connectivity index (χ4n) is 1.52. The van der Waals surface area contributed by atoms with Crippen molar-refractivity contribution in [3.05, 3.63) is 38.2 Å². The summed E-state index contributed by atoms with van der Waals surface area (Å²) in [4.78, 5) is 0.419. The van der Waals surface area contributed by atoms with Crippen molar-refractivity contribution < 1.29 is 5.11 Å². The lowest BCUT2D eigenvalue weighted by Crippen LogP contribution is -1.76. The van der Waals surface area contributed by atoms with Crippen molar-refractivity contribution in [2.45, 2.75) is 6.92 Å². The van der Waals surface area contributed by atoms with Crippen LogP contribution in [0.1, 0.15) is 16.0 Å². The SMILES string of the molecule is Cc1c(C#N)sc(N=Nc2cc(Cl)c(O)c(Cl)c2)c1C#N. The molecule has 0 spiro atoms. The second-order valence-electron chi connectivity index (χ2n) is 3.92. The molecule has 0 amide bonds. The van der Waals surface area contributed by atoms with Gasteiger partial charge in [-0.2, -0.15) is 10.5 Å². The Labute approximate surface area is 134 Å². The average molecular weight is 337 g/mol. The Morgan fingerprint density at radius 1 is 1.14 bits per heavy atom. The van der Waals surface area contributed by atoms with Crippen molar-refractivity contribution in [3.8, 4) is 17.9 Å². The monoisotopic (exact) mass is 336 g/mol. The highest BCUT2D eigenvalue weighted by atomic mass is 35.5. The molecular weight excluding hydrogens is 331 g/mol. The number of phenolic OH excluding ortho intramolecular Hbond substituents is 1. The maximum absolute atomic E-state index is 9.46. The van der Waals surface area contributed by atoms with Crippen LogP contribution in [0.15, 0.2) is 22.4 Å². The number of rotatable bonds is 2. The summed E-state index contributed by atoms with van der Waals surface area (Å²) >= 11 is 12.6. The lowest BCUT2D eigenvalue weighted by molar-refractivity contribution is 0.476. The van der Waals surface area contributed by atoms with Gasteiger partial charge in [-0.05, 0) is 24.6 Å². The van der Waals surface area contributed by atoms with Gasteiger partial charge in [-0.3, -0.25) is 0 Å². The van der Waals surface area contributed by atoms with Gasteiger partial charge in [0.15, 0.2) is 10.8 Å². The molecule has 0 radical (unpaired) electrons. The zero-order valence-corrected chi connectivity index (χ0v) is 12.9. The van der Waals surface area contributed by atoms with E-state index < -0.39 is 0 Å². The second kappa shape index (κ2) is 6.11. The second-order valence-corrected chi connectivity index (χ2v) is 5.73. The molecule has 0 bridgehead atoms. The Morgan fingerprint density at radius 3 is 2.29 bits per heavy atom. The molecule has 0 atom stereocenters. The van der Waals surface area contributed by atoms with Crippen LogP contribution in [-0.4, -0.2) is 5.11 Å². The molecule has 21 heavy (non-hydrogen) atoms. The first-order chi connectivity index (χ1) is 9.97. The quantitative estimate of drug-likeness (QED) is 0.761. The van der Waals surface area contributed by atoms with Crippen molar-refractivity contribution in [2.24, 2.45) is 10.2 Å². The van der Waals surface area contributed by atoms with E-state index in [-0.39, 0.29) is 15.8 Å². The standard InChI is InChI=1S/C13H6Cl2N4OS/c1-6-8(4-16)13(21-11(6)5-17)19-18-7-2-9(14)12(20)10(15)3-7/h2-3,20H,1H3. The number of aromatic hydroxyl groups is 1. The van der Waals surface area contributed by atoms with Gasteiger partial charge in [0, 0.05) is 0 Å². The predicted octanol–water partition coefficient (Wildman–Crippen LogP) is 5.23. The lowest BCUT2D eigenvalue weighted by atomic mass is 10.2. The molecule has 0 unspecified atom stereocenters. The van der Waals surface area contributed by atoms with E-state index in [2.05, 4.69) is 10.2 Å². The number of nitriles is 2. The Hall–Kier alpha value is -2.12. The van der Waals surface area contributed by atoms with Crippen LogP contribution in [0.5, 0.6) is 5.75 Å². The maximum Gasteiger partial charge on any atom is 0.158 e. The zero-order valence-electron chi connectivity index (χ0n) is 10.6. The molecule has 0 saturated heterocycles. The smallest absolute Gasteiger partial charge is 0.158 e. The lowest BCUT2D eigenvalue weighted by Gasteiger charge is -2.00. The van der Waals surface area contributed by atoms with Crippen LogP contribution in [0.3, 0.4) is 0 Å². The summed E-state index contributed by atoms with van der Waals surface area (Å²) in [6, 6.07) is 6.79. The summed E-state index contributed by atoms with van der Waals surface area (Å²) in [5.74, 6) is -0.228. The Morgan fingerprint density at radius 2 is 1.76 bits per heavy atom. The van der Waals surface area contributed by atoms with Crippen LogP contribution in [0, 0.1) is 29.6 Å². The minimum atomic E-state index is -0.228. The third-order valence-corrected chi connectivity index (χ3v) is 4.26. The predicted molar refractivity (Wildman–Crippen MR) is 80.8 cm³/mol. The van der Waals surface area contributed by atoms with Crippen molar-refractivity contribution in [1.82, 2.24) is 0 Å². The van der Waals surface area contributed by atoms with E-state index in [4.69, 9.17) is 33.7 Å². The van der Waals surface area contributed by atoms with E-state index in [1.54, 1.807) is 6.92 Å². The van der Waals surface area contributed by atoms with E-state index in [1.807, 2.05) is 12.1 Å². The first-order valence-corrected chi connectivity index (χ1v) is 7.08. The fraction of sp³-hybridized carbons (Fsp3) is 0.0769. The van der Waals surface area contributed by atoms with Crippen molar-refractivity contribution in [2.75, 3.05) is 0 Å². The highest BCUT2D eigenvalue weighted by molar-refractivity contribution is 7.16. The Kier molecular flexibility index (Phi) is 4.44. The van der Waals surface area contributed by atoms with Crippen LogP contribution in [0.4, 0.5) is 10.7 Å². The van der Waals surface area contributed by atoms with Crippen molar-refractivity contribution >= 4 is 45.2 Å². The molecule has 5 nitrogen and oxygen atoms in total. The van der Waals surface area contributed by atoms with Crippen molar-refractivity contribution in [3.63, 3.8) is 0 Å². The van der Waals surface area contributed by atoms with Gasteiger partial charge in [0.1, 0.15) is 17.0 Å². The molecule has 1 aromatic carbocycles. The number of hydrogen-bond donors (Lipinski definition) is 1. The molecule has 0 aliphatic rings. The van der Waals surface area contributed by atoms with Crippen LogP contribution < -0.4 is 0 Å². The number of azo groups is 1. The largest absolute Gasteiger partial charge is 0.505 e. The van der Waals surface area contributed by atoms with E-state index in [0.29, 0.717) is 26.7 Å². The molecule has 0 aliphatic heterocycles. The summed E-state index contributed by atoms with van der Waals surface area (Å²) in [5.41, 5.74) is 1.23. The molecule has 1 aromatic heterocycles. The molecular formula is C13H6Cl2N4OS. The summed E-state index contributed by atoms with van der Waals surface area (Å²) in [5, 5.41) is 35.8. The van der Waals surface area contributed by atoms with Crippen LogP contribution >= 0.6 is 34.5 Å². The van der Waals surface area contributed by atoms with E-state index in [9.17, 15) is 5.11 Å². The third kappa shape index (κ3) is 2.98. The summed E-state index contributed by atoms with van der Waals surface area (Å²) in [7, 11) is 0. The van der Waals surface area contributed by atoms with Gasteiger partial charge in [-0.15, -0.1) is 21.6 Å². The average Bonchev–Trinajstić information content (AvgIpc) is 2.77. The molecule has 0 fully saturated rings. The van der Waals surface area contributed by atoms with Crippen LogP contribution in [0.2, 0.25) is 10.0 Å². The summed E-state index contributed by atoms with van der Waals surface area (Å²) in [6.45, 7) is 1.68. The van der Waals surface area contributed by atoms with E-state index in [0.717, 1.165) is 11.3 Å². The molecule has 1 heterocycles. The highest BCUT2D eigenvalue weighted by Gasteiger charge is 2.14. The van der Waals surface area contributed by atoms with Crippen LogP contribution in [0.25, 0.3) is 0 Å². The fourth-order valence-corrected chi connectivity index (χ4v) is 2.87. The first kappa shape index (κ1) is 15.3. The number of halogens is 2. The first-order valence-electron chi connectivity index (χ1n) is 5.51. The number of nitrogens with zero attached hydrogens (tertiary/aromatic N) is 4. The van der Waals surface area contributed by atoms with Gasteiger partial charge in [-0.1, -0.05) is 23.2 Å². The highest BCUT2D eigenvalue weighted by Crippen LogP contribution is 2.38. The molecule has 1 N–H and O–H groups in total. The van der Waals surface area contributed by atoms with Gasteiger partial charge in [0.05, 0.1) is 21.3 Å². The number of benzene rings is 1. The zero-order chi connectivity index (χ0) is 15.6. The third-order valence-electron chi connectivity index (χ3n) is 2.60. The molecule has 0 aliphatic carbocycles. The van der Waals surface area contributed by atoms with Gasteiger partial charge in [0.25, 0.3) is 0 Å². The van der Waals surface area contributed by atoms with Crippen molar-refractivity contribution in [1.29, 1.82) is 10.5 Å². The molecule has 2 rings (SSSR count). The molecule has 0 saturated carbocycles. The summed E-state index contributed by atoms with van der Waals surface area (Å²) < 4.78 is 0. The Bertz CT molecular complexity index is 807. The number of thiophene rings is 1. The maximum atomic E-state index is 9.46. The van der Waals surface area contributed by atoms with Gasteiger partial charge >= 0.3 is 0 Å².